The average molecular weight is 466 g/mol. The van der Waals surface area contributed by atoms with E-state index in [0.29, 0.717) is 23.1 Å². The van der Waals surface area contributed by atoms with E-state index in [0.717, 1.165) is 37.1 Å². The number of ketones is 1. The van der Waals surface area contributed by atoms with E-state index >= 15 is 0 Å². The molecule has 2 atom stereocenters. The van der Waals surface area contributed by atoms with Gasteiger partial charge in [-0.1, -0.05) is 12.6 Å². The Labute approximate surface area is 193 Å². The minimum atomic E-state index is -0.978. The number of carbonyl (C=O) groups is 1. The van der Waals surface area contributed by atoms with E-state index < -0.39 is 52.3 Å². The third-order valence-corrected chi connectivity index (χ3v) is 6.47. The number of halogens is 3. The molecule has 1 aliphatic heterocycles. The van der Waals surface area contributed by atoms with E-state index in [1.807, 2.05) is 0 Å². The van der Waals surface area contributed by atoms with Crippen LogP contribution in [0.25, 0.3) is 11.3 Å². The van der Waals surface area contributed by atoms with Crippen LogP contribution in [0.15, 0.2) is 60.9 Å². The predicted molar refractivity (Wildman–Crippen MR) is 117 cm³/mol. The Morgan fingerprint density at radius 2 is 1.85 bits per heavy atom. The summed E-state index contributed by atoms with van der Waals surface area (Å²) >= 11 is 0. The van der Waals surface area contributed by atoms with E-state index in [4.69, 9.17) is 4.74 Å². The molecule has 1 saturated heterocycles. The molecule has 1 aliphatic carbocycles. The van der Waals surface area contributed by atoms with Crippen molar-refractivity contribution in [1.82, 2.24) is 9.97 Å². The van der Waals surface area contributed by atoms with E-state index in [2.05, 4.69) is 16.5 Å². The van der Waals surface area contributed by atoms with Crippen molar-refractivity contribution in [2.75, 3.05) is 0 Å². The van der Waals surface area contributed by atoms with Crippen LogP contribution in [0.5, 0.6) is 0 Å². The summed E-state index contributed by atoms with van der Waals surface area (Å²) in [5.41, 5.74) is 0.104. The second kappa shape index (κ2) is 8.45. The molecular formula is C26H21F3N2O3. The summed E-state index contributed by atoms with van der Waals surface area (Å²) in [5.74, 6) is -3.38. The van der Waals surface area contributed by atoms with Gasteiger partial charge in [-0.25, -0.2) is 18.2 Å². The van der Waals surface area contributed by atoms with Crippen molar-refractivity contribution in [1.29, 1.82) is 0 Å². The van der Waals surface area contributed by atoms with Gasteiger partial charge in [0.05, 0.1) is 23.4 Å². The molecule has 0 bridgehead atoms. The first-order valence-corrected chi connectivity index (χ1v) is 10.9. The van der Waals surface area contributed by atoms with Gasteiger partial charge in [-0.05, 0) is 59.9 Å². The summed E-state index contributed by atoms with van der Waals surface area (Å²) in [4.78, 5) is 21.1. The van der Waals surface area contributed by atoms with Crippen molar-refractivity contribution in [2.45, 2.75) is 43.5 Å². The number of aliphatic hydroxyl groups excluding tert-OH is 1. The summed E-state index contributed by atoms with van der Waals surface area (Å²) in [6, 6.07) is 7.04. The Morgan fingerprint density at radius 1 is 1.12 bits per heavy atom. The maximum Gasteiger partial charge on any atom is 0.185 e. The number of ether oxygens (including phenoxy) is 1. The molecule has 8 heteroatoms. The molecule has 174 valence electrons. The molecule has 3 aromatic rings. The maximum absolute atomic E-state index is 14.4. The summed E-state index contributed by atoms with van der Waals surface area (Å²) in [5, 5.41) is 10.5. The molecule has 5 nitrogen and oxygen atoms in total. The highest BCUT2D eigenvalue weighted by molar-refractivity contribution is 5.96. The van der Waals surface area contributed by atoms with Gasteiger partial charge in [0, 0.05) is 25.2 Å². The summed E-state index contributed by atoms with van der Waals surface area (Å²) in [6.45, 7) is 3.97. The predicted octanol–water partition coefficient (Wildman–Crippen LogP) is 4.90. The SMILES string of the molecule is C=C1[C@H](O)C[C@H](c2ccncc2CC(=O)c2ccc(F)c(-c3c(F)cccc3F)n2)OC12CC2. The molecule has 3 heterocycles. The highest BCUT2D eigenvalue weighted by atomic mass is 19.1. The molecule has 1 saturated carbocycles. The number of aromatic nitrogens is 2. The molecule has 0 unspecified atom stereocenters. The molecule has 1 spiro atoms. The zero-order valence-electron chi connectivity index (χ0n) is 18.1. The number of Topliss-reactive ketones (excluding diaryl/α,β-unsaturated/α-hetero) is 1. The topological polar surface area (TPSA) is 72.3 Å². The van der Waals surface area contributed by atoms with Crippen LogP contribution in [0.3, 0.4) is 0 Å². The van der Waals surface area contributed by atoms with Gasteiger partial charge >= 0.3 is 0 Å². The molecule has 34 heavy (non-hydrogen) atoms. The number of rotatable bonds is 5. The van der Waals surface area contributed by atoms with Crippen LogP contribution in [0.2, 0.25) is 0 Å². The number of nitrogens with zero attached hydrogens (tertiary/aromatic N) is 2. The first-order valence-electron chi connectivity index (χ1n) is 10.9. The van der Waals surface area contributed by atoms with Crippen molar-refractivity contribution in [3.63, 3.8) is 0 Å². The van der Waals surface area contributed by atoms with Gasteiger partial charge in [0.1, 0.15) is 28.8 Å². The lowest BCUT2D eigenvalue weighted by Gasteiger charge is -2.36. The molecule has 5 rings (SSSR count). The summed E-state index contributed by atoms with van der Waals surface area (Å²) in [7, 11) is 0. The quantitative estimate of drug-likeness (QED) is 0.428. The minimum absolute atomic E-state index is 0.134. The lowest BCUT2D eigenvalue weighted by Crippen LogP contribution is -2.35. The highest BCUT2D eigenvalue weighted by Crippen LogP contribution is 2.54. The fourth-order valence-corrected chi connectivity index (χ4v) is 4.45. The first kappa shape index (κ1) is 22.4. The van der Waals surface area contributed by atoms with Gasteiger partial charge in [-0.15, -0.1) is 0 Å². The Bertz CT molecular complexity index is 1290. The van der Waals surface area contributed by atoms with Crippen LogP contribution >= 0.6 is 0 Å². The molecular weight excluding hydrogens is 445 g/mol. The van der Waals surface area contributed by atoms with Crippen molar-refractivity contribution in [2.24, 2.45) is 0 Å². The van der Waals surface area contributed by atoms with E-state index in [9.17, 15) is 23.1 Å². The molecule has 2 aromatic heterocycles. The Balaban J connectivity index is 1.44. The molecule has 0 radical (unpaired) electrons. The third-order valence-electron chi connectivity index (χ3n) is 6.47. The van der Waals surface area contributed by atoms with Gasteiger partial charge in [0.15, 0.2) is 5.78 Å². The lowest BCUT2D eigenvalue weighted by atomic mass is 9.89. The highest BCUT2D eigenvalue weighted by Gasteiger charge is 2.53. The zero-order valence-corrected chi connectivity index (χ0v) is 18.1. The van der Waals surface area contributed by atoms with Crippen LogP contribution in [-0.2, 0) is 11.2 Å². The van der Waals surface area contributed by atoms with E-state index in [-0.39, 0.29) is 12.1 Å². The number of aliphatic hydroxyl groups is 1. The van der Waals surface area contributed by atoms with Crippen LogP contribution < -0.4 is 0 Å². The summed E-state index contributed by atoms with van der Waals surface area (Å²) < 4.78 is 49.1. The van der Waals surface area contributed by atoms with Crippen LogP contribution in [0.1, 0.15) is 47.0 Å². The third kappa shape index (κ3) is 3.93. The van der Waals surface area contributed by atoms with Gasteiger partial charge in [-0.2, -0.15) is 0 Å². The summed E-state index contributed by atoms with van der Waals surface area (Å²) in [6.07, 6.45) is 3.70. The van der Waals surface area contributed by atoms with Crippen molar-refractivity contribution >= 4 is 5.78 Å². The Hall–Kier alpha value is -3.36. The zero-order chi connectivity index (χ0) is 24.0. The maximum atomic E-state index is 14.4. The molecule has 2 aliphatic rings. The lowest BCUT2D eigenvalue weighted by molar-refractivity contribution is -0.0728. The van der Waals surface area contributed by atoms with Crippen LogP contribution in [0, 0.1) is 17.5 Å². The number of hydrogen-bond acceptors (Lipinski definition) is 5. The van der Waals surface area contributed by atoms with Crippen molar-refractivity contribution in [3.8, 4) is 11.3 Å². The number of carbonyl (C=O) groups excluding carboxylic acids is 1. The standard InChI is InChI=1S/C26H21F3N2O3/c1-14-21(32)12-23(34-26(14)8-9-26)16-7-10-30-13-15(16)11-22(33)20-6-5-19(29)25(31-20)24-17(27)3-2-4-18(24)28/h2-7,10,13,21,23,32H,1,8-9,11-12H2/t21-,23-/m1/s1. The first-order chi connectivity index (χ1) is 16.3. The second-order valence-electron chi connectivity index (χ2n) is 8.68. The molecule has 1 aromatic carbocycles. The monoisotopic (exact) mass is 466 g/mol. The normalized spacial score (nSPS) is 21.0. The van der Waals surface area contributed by atoms with Crippen LogP contribution in [-0.4, -0.2) is 32.6 Å². The number of pyridine rings is 2. The Kier molecular flexibility index (Phi) is 5.58. The van der Waals surface area contributed by atoms with Crippen LogP contribution in [0.4, 0.5) is 13.2 Å². The fourth-order valence-electron chi connectivity index (χ4n) is 4.45. The molecule has 2 fully saturated rings. The average Bonchev–Trinajstić information content (AvgIpc) is 3.58. The van der Waals surface area contributed by atoms with E-state index in [1.165, 1.54) is 12.3 Å². The Morgan fingerprint density at radius 3 is 2.56 bits per heavy atom. The number of hydrogen-bond donors (Lipinski definition) is 1. The van der Waals surface area contributed by atoms with Gasteiger partial charge in [0.25, 0.3) is 0 Å². The smallest absolute Gasteiger partial charge is 0.185 e. The molecule has 0 amide bonds. The second-order valence-corrected chi connectivity index (χ2v) is 8.68. The number of benzene rings is 1. The van der Waals surface area contributed by atoms with Gasteiger partial charge in [0.2, 0.25) is 0 Å². The fraction of sp³-hybridized carbons (Fsp3) is 0.269. The van der Waals surface area contributed by atoms with Gasteiger partial charge in [-0.3, -0.25) is 9.78 Å². The minimum Gasteiger partial charge on any atom is -0.389 e. The van der Waals surface area contributed by atoms with Crippen molar-refractivity contribution in [3.05, 3.63) is 95.2 Å². The van der Waals surface area contributed by atoms with E-state index in [1.54, 1.807) is 12.3 Å². The van der Waals surface area contributed by atoms with Crippen molar-refractivity contribution < 1.29 is 27.8 Å². The molecule has 1 N–H and O–H groups in total. The largest absolute Gasteiger partial charge is 0.389 e. The van der Waals surface area contributed by atoms with Gasteiger partial charge < -0.3 is 9.84 Å².